The van der Waals surface area contributed by atoms with Gasteiger partial charge in [-0.15, -0.1) is 0 Å². The average Bonchev–Trinajstić information content (AvgIpc) is 2.56. The molecule has 0 aromatic heterocycles. The van der Waals surface area contributed by atoms with E-state index in [-0.39, 0.29) is 11.9 Å². The summed E-state index contributed by atoms with van der Waals surface area (Å²) in [6.07, 6.45) is 0.966. The number of hydrogen-bond acceptors (Lipinski definition) is 4. The van der Waals surface area contributed by atoms with Gasteiger partial charge in [0.05, 0.1) is 13.7 Å². The fraction of sp³-hybridized carbons (Fsp3) is 0.611. The molecule has 1 unspecified atom stereocenters. The Morgan fingerprint density at radius 1 is 1.29 bits per heavy atom. The number of benzene rings is 1. The van der Waals surface area contributed by atoms with Crippen molar-refractivity contribution in [3.05, 3.63) is 28.2 Å². The predicted molar refractivity (Wildman–Crippen MR) is 100 cm³/mol. The molecule has 1 fully saturated rings. The van der Waals surface area contributed by atoms with Crippen LogP contribution in [0.2, 0.25) is 0 Å². The van der Waals surface area contributed by atoms with Crippen molar-refractivity contribution in [3.8, 4) is 5.75 Å². The van der Waals surface area contributed by atoms with Gasteiger partial charge in [-0.25, -0.2) is 0 Å². The highest BCUT2D eigenvalue weighted by atomic mass is 79.9. The molecule has 0 bridgehead atoms. The summed E-state index contributed by atoms with van der Waals surface area (Å²) in [4.78, 5) is 16.6. The monoisotopic (exact) mass is 397 g/mol. The molecular formula is C18H28BrN3O2. The fourth-order valence-electron chi connectivity index (χ4n) is 2.84. The van der Waals surface area contributed by atoms with Crippen molar-refractivity contribution in [3.63, 3.8) is 0 Å². The minimum Gasteiger partial charge on any atom is -0.496 e. The topological polar surface area (TPSA) is 44.8 Å². The second kappa shape index (κ2) is 9.39. The van der Waals surface area contributed by atoms with Gasteiger partial charge in [-0.3, -0.25) is 14.6 Å². The molecule has 0 saturated carbocycles. The van der Waals surface area contributed by atoms with Crippen molar-refractivity contribution in [2.24, 2.45) is 0 Å². The van der Waals surface area contributed by atoms with Gasteiger partial charge in [-0.2, -0.15) is 0 Å². The molecule has 0 aliphatic carbocycles. The van der Waals surface area contributed by atoms with Crippen LogP contribution in [-0.4, -0.2) is 61.6 Å². The molecule has 1 aromatic carbocycles. The second-order valence-electron chi connectivity index (χ2n) is 6.39. The molecule has 0 spiro atoms. The van der Waals surface area contributed by atoms with Crippen LogP contribution >= 0.6 is 15.9 Å². The summed E-state index contributed by atoms with van der Waals surface area (Å²) >= 11 is 3.53. The highest BCUT2D eigenvalue weighted by molar-refractivity contribution is 9.10. The molecule has 2 rings (SSSR count). The Kier molecular flexibility index (Phi) is 7.52. The zero-order chi connectivity index (χ0) is 17.5. The zero-order valence-electron chi connectivity index (χ0n) is 14.8. The molecule has 5 nitrogen and oxygen atoms in total. The van der Waals surface area contributed by atoms with Crippen LogP contribution in [0.4, 0.5) is 0 Å². The number of carbonyl (C=O) groups is 1. The first kappa shape index (κ1) is 19.2. The summed E-state index contributed by atoms with van der Waals surface area (Å²) in [6.45, 7) is 9.27. The lowest BCUT2D eigenvalue weighted by Gasteiger charge is -2.34. The molecule has 6 heteroatoms. The minimum absolute atomic E-state index is 0.131. The number of hydrogen-bond donors (Lipinski definition) is 1. The number of nitrogens with one attached hydrogen (secondary N) is 1. The molecule has 1 aromatic rings. The van der Waals surface area contributed by atoms with E-state index < -0.39 is 0 Å². The van der Waals surface area contributed by atoms with Crippen LogP contribution in [-0.2, 0) is 11.3 Å². The number of ether oxygens (including phenoxy) is 1. The van der Waals surface area contributed by atoms with Gasteiger partial charge in [0.15, 0.2) is 0 Å². The standard InChI is InChI=1S/C18H28BrN3O2/c1-4-14(2)20-18(23)13-22-9-7-21(8-10-22)12-15-11-16(19)5-6-17(15)24-3/h5-6,11,14H,4,7-10,12-13H2,1-3H3,(H,20,23). The van der Waals surface area contributed by atoms with E-state index in [1.54, 1.807) is 7.11 Å². The molecule has 24 heavy (non-hydrogen) atoms. The molecule has 1 N–H and O–H groups in total. The summed E-state index contributed by atoms with van der Waals surface area (Å²) in [5, 5.41) is 3.03. The summed E-state index contributed by atoms with van der Waals surface area (Å²) < 4.78 is 6.52. The molecule has 134 valence electrons. The quantitative estimate of drug-likeness (QED) is 0.767. The van der Waals surface area contributed by atoms with E-state index in [0.717, 1.165) is 49.4 Å². The Labute approximate surface area is 153 Å². The van der Waals surface area contributed by atoms with Crippen LogP contribution in [0.5, 0.6) is 5.75 Å². The maximum atomic E-state index is 12.0. The fourth-order valence-corrected chi connectivity index (χ4v) is 3.25. The third kappa shape index (κ3) is 5.76. The number of nitrogens with zero attached hydrogens (tertiary/aromatic N) is 2. The molecule has 1 saturated heterocycles. The maximum Gasteiger partial charge on any atom is 0.234 e. The van der Waals surface area contributed by atoms with Crippen LogP contribution in [0.1, 0.15) is 25.8 Å². The third-order valence-electron chi connectivity index (χ3n) is 4.49. The van der Waals surface area contributed by atoms with E-state index in [1.807, 2.05) is 19.1 Å². The summed E-state index contributed by atoms with van der Waals surface area (Å²) in [7, 11) is 1.71. The van der Waals surface area contributed by atoms with Crippen molar-refractivity contribution < 1.29 is 9.53 Å². The van der Waals surface area contributed by atoms with Crippen LogP contribution in [0.25, 0.3) is 0 Å². The normalized spacial score (nSPS) is 17.5. The Morgan fingerprint density at radius 2 is 1.96 bits per heavy atom. The van der Waals surface area contributed by atoms with Gasteiger partial charge in [-0.05, 0) is 31.5 Å². The van der Waals surface area contributed by atoms with E-state index in [2.05, 4.69) is 44.0 Å². The molecule has 1 aliphatic rings. The lowest BCUT2D eigenvalue weighted by Crippen LogP contribution is -2.49. The first-order valence-corrected chi connectivity index (χ1v) is 9.37. The van der Waals surface area contributed by atoms with Gasteiger partial charge in [0, 0.05) is 48.8 Å². The Morgan fingerprint density at radius 3 is 2.58 bits per heavy atom. The van der Waals surface area contributed by atoms with Crippen molar-refractivity contribution in [2.75, 3.05) is 39.8 Å². The summed E-state index contributed by atoms with van der Waals surface area (Å²) in [5.74, 6) is 1.06. The summed E-state index contributed by atoms with van der Waals surface area (Å²) in [5.41, 5.74) is 1.19. The average molecular weight is 398 g/mol. The van der Waals surface area contributed by atoms with Gasteiger partial charge in [-0.1, -0.05) is 22.9 Å². The smallest absolute Gasteiger partial charge is 0.234 e. The van der Waals surface area contributed by atoms with E-state index in [9.17, 15) is 4.79 Å². The van der Waals surface area contributed by atoms with Crippen molar-refractivity contribution >= 4 is 21.8 Å². The highest BCUT2D eigenvalue weighted by Gasteiger charge is 2.20. The number of carbonyl (C=O) groups excluding carboxylic acids is 1. The molecule has 1 amide bonds. The van der Waals surface area contributed by atoms with Gasteiger partial charge < -0.3 is 10.1 Å². The lowest BCUT2D eigenvalue weighted by atomic mass is 10.1. The van der Waals surface area contributed by atoms with E-state index in [1.165, 1.54) is 5.56 Å². The Bertz CT molecular complexity index is 545. The molecule has 1 heterocycles. The zero-order valence-corrected chi connectivity index (χ0v) is 16.4. The van der Waals surface area contributed by atoms with Crippen LogP contribution in [0, 0.1) is 0 Å². The molecule has 1 atom stereocenters. The van der Waals surface area contributed by atoms with Crippen LogP contribution in [0.15, 0.2) is 22.7 Å². The molecule has 0 radical (unpaired) electrons. The molecular weight excluding hydrogens is 370 g/mol. The van der Waals surface area contributed by atoms with E-state index >= 15 is 0 Å². The predicted octanol–water partition coefficient (Wildman–Crippen LogP) is 2.49. The first-order chi connectivity index (χ1) is 11.5. The second-order valence-corrected chi connectivity index (χ2v) is 7.30. The van der Waals surface area contributed by atoms with Crippen molar-refractivity contribution in [1.29, 1.82) is 0 Å². The third-order valence-corrected chi connectivity index (χ3v) is 4.98. The summed E-state index contributed by atoms with van der Waals surface area (Å²) in [6, 6.07) is 6.36. The number of halogens is 1. The lowest BCUT2D eigenvalue weighted by molar-refractivity contribution is -0.123. The van der Waals surface area contributed by atoms with E-state index in [0.29, 0.717) is 6.54 Å². The van der Waals surface area contributed by atoms with Crippen LogP contribution < -0.4 is 10.1 Å². The van der Waals surface area contributed by atoms with Gasteiger partial charge in [0.2, 0.25) is 5.91 Å². The number of amides is 1. The van der Waals surface area contributed by atoms with Gasteiger partial charge in [0.1, 0.15) is 5.75 Å². The van der Waals surface area contributed by atoms with Crippen molar-refractivity contribution in [1.82, 2.24) is 15.1 Å². The first-order valence-electron chi connectivity index (χ1n) is 8.58. The number of rotatable bonds is 7. The Hall–Kier alpha value is -1.11. The molecule has 1 aliphatic heterocycles. The number of methoxy groups -OCH3 is 1. The Balaban J connectivity index is 1.81. The minimum atomic E-state index is 0.131. The number of piperazine rings is 1. The van der Waals surface area contributed by atoms with Crippen molar-refractivity contribution in [2.45, 2.75) is 32.9 Å². The SMILES string of the molecule is CCC(C)NC(=O)CN1CCN(Cc2cc(Br)ccc2OC)CC1. The van der Waals surface area contributed by atoms with E-state index in [4.69, 9.17) is 4.74 Å². The van der Waals surface area contributed by atoms with Gasteiger partial charge in [0.25, 0.3) is 0 Å². The van der Waals surface area contributed by atoms with Gasteiger partial charge >= 0.3 is 0 Å². The van der Waals surface area contributed by atoms with Crippen LogP contribution in [0.3, 0.4) is 0 Å². The largest absolute Gasteiger partial charge is 0.496 e. The highest BCUT2D eigenvalue weighted by Crippen LogP contribution is 2.24. The maximum absolute atomic E-state index is 12.0.